The summed E-state index contributed by atoms with van der Waals surface area (Å²) in [6.45, 7) is 11.1. The Balaban J connectivity index is 2.22. The lowest BCUT2D eigenvalue weighted by Gasteiger charge is -2.03. The molecule has 0 spiro atoms. The third-order valence-corrected chi connectivity index (χ3v) is 4.52. The van der Waals surface area contributed by atoms with Gasteiger partial charge in [0, 0.05) is 0 Å². The number of allylic oxidation sites excluding steroid dienone is 7. The molecule has 0 radical (unpaired) electrons. The summed E-state index contributed by atoms with van der Waals surface area (Å²) < 4.78 is 10.2. The van der Waals surface area contributed by atoms with E-state index in [1.54, 1.807) is 12.1 Å². The van der Waals surface area contributed by atoms with E-state index in [1.807, 2.05) is 6.08 Å². The van der Waals surface area contributed by atoms with Gasteiger partial charge in [0.05, 0.1) is 6.26 Å². The van der Waals surface area contributed by atoms with Crippen LogP contribution in [0.25, 0.3) is 0 Å². The quantitative estimate of drug-likeness (QED) is 0.275. The fourth-order valence-electron chi connectivity index (χ4n) is 2.71. The Morgan fingerprint density at radius 3 is 1.89 bits per heavy atom. The van der Waals surface area contributed by atoms with Gasteiger partial charge in [-0.05, 0) is 91.4 Å². The first kappa shape index (κ1) is 23.7. The fraction of sp³-hybridized carbons (Fsp3) is 0.480. The molecule has 0 saturated heterocycles. The van der Waals surface area contributed by atoms with E-state index in [2.05, 4.69) is 52.8 Å². The van der Waals surface area contributed by atoms with Gasteiger partial charge >= 0.3 is 5.97 Å². The van der Waals surface area contributed by atoms with Crippen LogP contribution in [0.5, 0.6) is 0 Å². The number of esters is 1. The van der Waals surface area contributed by atoms with Crippen LogP contribution in [-0.2, 0) is 4.74 Å². The third-order valence-electron chi connectivity index (χ3n) is 4.52. The summed E-state index contributed by atoms with van der Waals surface area (Å²) in [6, 6.07) is 3.28. The van der Waals surface area contributed by atoms with Crippen LogP contribution >= 0.6 is 0 Å². The van der Waals surface area contributed by atoms with Crippen LogP contribution in [0.15, 0.2) is 69.4 Å². The Labute approximate surface area is 170 Å². The largest absolute Gasteiger partial charge is 0.457 e. The van der Waals surface area contributed by atoms with Gasteiger partial charge in [-0.2, -0.15) is 0 Å². The second-order valence-corrected chi connectivity index (χ2v) is 7.62. The van der Waals surface area contributed by atoms with Gasteiger partial charge in [0.2, 0.25) is 5.76 Å². The molecule has 0 aliphatic rings. The molecule has 28 heavy (non-hydrogen) atoms. The first-order valence-corrected chi connectivity index (χ1v) is 10.2. The van der Waals surface area contributed by atoms with Gasteiger partial charge < -0.3 is 9.15 Å². The molecule has 0 N–H and O–H groups in total. The summed E-state index contributed by atoms with van der Waals surface area (Å²) in [7, 11) is 0. The minimum atomic E-state index is -0.422. The van der Waals surface area contributed by atoms with Crippen molar-refractivity contribution in [3.63, 3.8) is 0 Å². The summed E-state index contributed by atoms with van der Waals surface area (Å²) in [5, 5.41) is 0. The van der Waals surface area contributed by atoms with Gasteiger partial charge in [-0.1, -0.05) is 40.5 Å². The molecule has 1 aromatic rings. The van der Waals surface area contributed by atoms with Gasteiger partial charge in [0.1, 0.15) is 6.61 Å². The highest BCUT2D eigenvalue weighted by Crippen LogP contribution is 2.13. The van der Waals surface area contributed by atoms with E-state index in [4.69, 9.17) is 9.15 Å². The van der Waals surface area contributed by atoms with Crippen LogP contribution in [0.4, 0.5) is 0 Å². The zero-order valence-electron chi connectivity index (χ0n) is 18.2. The Morgan fingerprint density at radius 2 is 1.39 bits per heavy atom. The van der Waals surface area contributed by atoms with E-state index in [0.29, 0.717) is 0 Å². The maximum atomic E-state index is 11.7. The van der Waals surface area contributed by atoms with Crippen LogP contribution in [0.1, 0.15) is 83.7 Å². The molecule has 154 valence electrons. The van der Waals surface area contributed by atoms with Crippen molar-refractivity contribution in [2.45, 2.75) is 73.1 Å². The molecule has 0 aliphatic heterocycles. The average molecular weight is 385 g/mol. The normalized spacial score (nSPS) is 12.8. The van der Waals surface area contributed by atoms with E-state index in [1.165, 1.54) is 28.6 Å². The third kappa shape index (κ3) is 11.4. The lowest BCUT2D eigenvalue weighted by atomic mass is 10.0. The van der Waals surface area contributed by atoms with Crippen molar-refractivity contribution in [3.8, 4) is 0 Å². The van der Waals surface area contributed by atoms with Crippen LogP contribution in [0.3, 0.4) is 0 Å². The molecule has 0 bridgehead atoms. The fourth-order valence-corrected chi connectivity index (χ4v) is 2.71. The number of ether oxygens (including phenoxy) is 1. The first-order valence-electron chi connectivity index (χ1n) is 10.2. The highest BCUT2D eigenvalue weighted by atomic mass is 16.5. The summed E-state index contributed by atoms with van der Waals surface area (Å²) in [4.78, 5) is 11.7. The number of furan rings is 1. The summed E-state index contributed by atoms with van der Waals surface area (Å²) in [5.41, 5.74) is 5.54. The molecule has 0 aromatic carbocycles. The molecular weight excluding hydrogens is 348 g/mol. The number of carbonyl (C=O) groups is 1. The SMILES string of the molecule is CC(C)=CCC/C(C)=C/CC/C(C)=C/CC/C(C)=C/COC(=O)c1ccco1. The van der Waals surface area contributed by atoms with Gasteiger partial charge in [-0.15, -0.1) is 0 Å². The Bertz CT molecular complexity index is 696. The van der Waals surface area contributed by atoms with E-state index in [0.717, 1.165) is 38.5 Å². The van der Waals surface area contributed by atoms with Gasteiger partial charge in [0.25, 0.3) is 0 Å². The summed E-state index contributed by atoms with van der Waals surface area (Å²) >= 11 is 0. The van der Waals surface area contributed by atoms with Crippen molar-refractivity contribution in [3.05, 3.63) is 70.8 Å². The second-order valence-electron chi connectivity index (χ2n) is 7.62. The maximum Gasteiger partial charge on any atom is 0.374 e. The molecule has 1 rings (SSSR count). The second kappa shape index (κ2) is 13.8. The van der Waals surface area contributed by atoms with Crippen molar-refractivity contribution >= 4 is 5.97 Å². The number of hydrogen-bond acceptors (Lipinski definition) is 3. The zero-order valence-corrected chi connectivity index (χ0v) is 18.2. The topological polar surface area (TPSA) is 39.4 Å². The Hall–Kier alpha value is -2.29. The number of hydrogen-bond donors (Lipinski definition) is 0. The molecule has 3 nitrogen and oxygen atoms in total. The number of carbonyl (C=O) groups excluding carboxylic acids is 1. The lowest BCUT2D eigenvalue weighted by Crippen LogP contribution is -2.03. The van der Waals surface area contributed by atoms with E-state index in [9.17, 15) is 4.79 Å². The van der Waals surface area contributed by atoms with Gasteiger partial charge in [-0.25, -0.2) is 4.79 Å². The molecule has 0 amide bonds. The van der Waals surface area contributed by atoms with Crippen LogP contribution in [0.2, 0.25) is 0 Å². The van der Waals surface area contributed by atoms with Crippen molar-refractivity contribution < 1.29 is 13.9 Å². The summed E-state index contributed by atoms with van der Waals surface area (Å²) in [5.74, 6) is -0.181. The smallest absolute Gasteiger partial charge is 0.374 e. The Morgan fingerprint density at radius 1 is 0.857 bits per heavy atom. The predicted molar refractivity (Wildman–Crippen MR) is 117 cm³/mol. The highest BCUT2D eigenvalue weighted by Gasteiger charge is 2.08. The minimum absolute atomic E-state index is 0.242. The number of rotatable bonds is 12. The molecule has 1 heterocycles. The summed E-state index contributed by atoms with van der Waals surface area (Å²) in [6.07, 6.45) is 16.9. The highest BCUT2D eigenvalue weighted by molar-refractivity contribution is 5.86. The average Bonchev–Trinajstić information content (AvgIpc) is 3.16. The molecule has 0 atom stereocenters. The van der Waals surface area contributed by atoms with Crippen LogP contribution in [0, 0.1) is 0 Å². The molecule has 3 heteroatoms. The van der Waals surface area contributed by atoms with Crippen molar-refractivity contribution in [2.24, 2.45) is 0 Å². The van der Waals surface area contributed by atoms with E-state index in [-0.39, 0.29) is 12.4 Å². The molecule has 0 fully saturated rings. The first-order chi connectivity index (χ1) is 13.4. The monoisotopic (exact) mass is 384 g/mol. The van der Waals surface area contributed by atoms with E-state index >= 15 is 0 Å². The molecule has 0 unspecified atom stereocenters. The lowest BCUT2D eigenvalue weighted by molar-refractivity contribution is 0.0512. The van der Waals surface area contributed by atoms with Gasteiger partial charge in [0.15, 0.2) is 0 Å². The van der Waals surface area contributed by atoms with Crippen molar-refractivity contribution in [2.75, 3.05) is 6.61 Å². The van der Waals surface area contributed by atoms with Crippen LogP contribution in [-0.4, -0.2) is 12.6 Å². The zero-order chi connectivity index (χ0) is 20.8. The van der Waals surface area contributed by atoms with Gasteiger partial charge in [-0.3, -0.25) is 0 Å². The molecule has 0 aliphatic carbocycles. The molecule has 1 aromatic heterocycles. The van der Waals surface area contributed by atoms with E-state index < -0.39 is 5.97 Å². The van der Waals surface area contributed by atoms with Crippen molar-refractivity contribution in [1.29, 1.82) is 0 Å². The molecular formula is C25H36O3. The minimum Gasteiger partial charge on any atom is -0.457 e. The maximum absolute atomic E-state index is 11.7. The predicted octanol–water partition coefficient (Wildman–Crippen LogP) is 7.58. The standard InChI is InChI=1S/C25H36O3/c1-20(2)10-6-11-21(3)12-7-13-22(4)14-8-15-23(5)17-19-28-25(26)24-16-9-18-27-24/h9-10,12,14,16-18H,6-8,11,13,15,19H2,1-5H3/b21-12+,22-14+,23-17+. The molecule has 0 saturated carbocycles. The Kier molecular flexibility index (Phi) is 11.7. The van der Waals surface area contributed by atoms with Crippen LogP contribution < -0.4 is 0 Å². The van der Waals surface area contributed by atoms with Crippen molar-refractivity contribution in [1.82, 2.24) is 0 Å².